The standard InChI is InChI=1S/C56H58F6N6O8S2/c1-32-21-36(13-19-64-32)34-7-11-49(45(23-34)55(57,58)59)77(71,72)41-26-43(47(28-41)75-39-5-3-4-6-39)52(70)68-54(17-18-54)31-66-38-9-10-40(25-38)76-48-29-42(27-44(48)51(69)67-53(30-63)15-16-53)78(73,74)50-12-8-35(24-46(50)56(60,61)62)37-14-20-65-33(2)22-37/h7-8,11-14,19-24,38-44,47-48H,3-6,9-10,15-18,25-29H2,1-2H3,(H-,67,68,69,70)/p+1/t38?,40?,41-,42-,43-,44-,47-,48-/m1/s1. The number of ether oxygens (including phenoxy) is 2. The first-order valence-electron chi connectivity index (χ1n) is 26.4. The summed E-state index contributed by atoms with van der Waals surface area (Å²) in [6, 6.07) is 17.3. The average Bonchev–Trinajstić information content (AvgIpc) is 4.08. The fraction of sp³-hybridized carbons (Fsp3) is 0.536. The normalized spacial score (nSPS) is 26.7. The zero-order valence-corrected chi connectivity index (χ0v) is 44.5. The van der Waals surface area contributed by atoms with E-state index in [-0.39, 0.29) is 49.0 Å². The van der Waals surface area contributed by atoms with Gasteiger partial charge in [0.25, 0.3) is 6.04 Å². The summed E-state index contributed by atoms with van der Waals surface area (Å²) < 4.78 is 159. The molecule has 6 aliphatic rings. The molecule has 2 aromatic heterocycles. The van der Waals surface area contributed by atoms with E-state index in [1.807, 2.05) is 0 Å². The molecule has 0 aliphatic heterocycles. The summed E-state index contributed by atoms with van der Waals surface area (Å²) in [6.45, 7) is 3.37. The number of hydrogen-bond acceptors (Lipinski definition) is 11. The third-order valence-electron chi connectivity index (χ3n) is 16.4. The zero-order chi connectivity index (χ0) is 55.6. The Labute approximate surface area is 448 Å². The van der Waals surface area contributed by atoms with E-state index >= 15 is 0 Å². The second-order valence-electron chi connectivity index (χ2n) is 22.1. The van der Waals surface area contributed by atoms with Crippen molar-refractivity contribution >= 4 is 31.5 Å². The zero-order valence-electron chi connectivity index (χ0n) is 42.9. The molecule has 0 bridgehead atoms. The van der Waals surface area contributed by atoms with Gasteiger partial charge in [-0.15, -0.1) is 0 Å². The quantitative estimate of drug-likeness (QED) is 0.114. The predicted octanol–water partition coefficient (Wildman–Crippen LogP) is 10.1. The molecule has 0 spiro atoms. The molecule has 8 atom stereocenters. The van der Waals surface area contributed by atoms with Crippen LogP contribution in [0.15, 0.2) is 82.8 Å². The molecule has 4 aromatic rings. The highest BCUT2D eigenvalue weighted by molar-refractivity contribution is 7.92. The fourth-order valence-electron chi connectivity index (χ4n) is 11.8. The number of pyridine rings is 2. The summed E-state index contributed by atoms with van der Waals surface area (Å²) in [5.41, 5.74) is -2.47. The fourth-order valence-corrected chi connectivity index (χ4v) is 15.8. The van der Waals surface area contributed by atoms with E-state index < -0.39 is 116 Å². The molecule has 2 N–H and O–H groups in total. The van der Waals surface area contributed by atoms with Crippen molar-refractivity contribution < 1.29 is 62.2 Å². The molecule has 2 aromatic carbocycles. The summed E-state index contributed by atoms with van der Waals surface area (Å²) in [5, 5.41) is 12.7. The lowest BCUT2D eigenvalue weighted by Crippen LogP contribution is -2.43. The smallest absolute Gasteiger partial charge is 0.374 e. The highest BCUT2D eigenvalue weighted by Gasteiger charge is 2.55. The van der Waals surface area contributed by atoms with Gasteiger partial charge in [0.2, 0.25) is 11.8 Å². The third-order valence-corrected chi connectivity index (χ3v) is 20.9. The van der Waals surface area contributed by atoms with Crippen LogP contribution in [0.5, 0.6) is 0 Å². The maximum Gasteiger partial charge on any atom is 0.417 e. The predicted molar refractivity (Wildman–Crippen MR) is 273 cm³/mol. The number of aryl methyl sites for hydroxylation is 2. The number of nitriles is 1. The maximum absolute atomic E-state index is 14.7. The Morgan fingerprint density at radius 2 is 1.06 bits per heavy atom. The van der Waals surface area contributed by atoms with Gasteiger partial charge in [-0.1, -0.05) is 29.8 Å². The Balaban J connectivity index is 0.829. The summed E-state index contributed by atoms with van der Waals surface area (Å²) in [7, 11) is -9.38. The van der Waals surface area contributed by atoms with E-state index in [9.17, 15) is 58.0 Å². The number of nitrogens with one attached hydrogen (secondary N) is 2. The molecular weight excluding hydrogens is 1060 g/mol. The van der Waals surface area contributed by atoms with Crippen LogP contribution in [-0.2, 0) is 51.1 Å². The second kappa shape index (κ2) is 20.9. The highest BCUT2D eigenvalue weighted by Crippen LogP contribution is 2.47. The largest absolute Gasteiger partial charge is 0.417 e. The van der Waals surface area contributed by atoms with Gasteiger partial charge in [0.15, 0.2) is 25.2 Å². The van der Waals surface area contributed by atoms with Crippen LogP contribution in [0, 0.1) is 43.1 Å². The van der Waals surface area contributed by atoms with E-state index in [1.54, 1.807) is 26.0 Å². The summed E-state index contributed by atoms with van der Waals surface area (Å²) in [6.07, 6.45) is -4.90. The minimum atomic E-state index is -5.05. The van der Waals surface area contributed by atoms with Gasteiger partial charge in [0, 0.05) is 30.2 Å². The van der Waals surface area contributed by atoms with Gasteiger partial charge in [0.05, 0.1) is 80.2 Å². The second-order valence-corrected chi connectivity index (χ2v) is 26.5. The van der Waals surface area contributed by atoms with Crippen LogP contribution >= 0.6 is 0 Å². The van der Waals surface area contributed by atoms with Crippen LogP contribution in [0.4, 0.5) is 26.3 Å². The van der Waals surface area contributed by atoms with Crippen LogP contribution in [0.1, 0.15) is 119 Å². The molecule has 2 unspecified atom stereocenters. The van der Waals surface area contributed by atoms with E-state index in [0.29, 0.717) is 80.3 Å². The maximum atomic E-state index is 14.7. The summed E-state index contributed by atoms with van der Waals surface area (Å²) in [5.74, 6) is -3.26. The highest BCUT2D eigenvalue weighted by atomic mass is 32.2. The number of halogens is 6. The van der Waals surface area contributed by atoms with E-state index in [2.05, 4.69) is 32.7 Å². The molecule has 6 saturated carbocycles. The lowest BCUT2D eigenvalue weighted by atomic mass is 10.0. The Kier molecular flexibility index (Phi) is 14.9. The Morgan fingerprint density at radius 1 is 0.615 bits per heavy atom. The molecule has 10 rings (SSSR count). The SMILES string of the molecule is Cc1cc(-c2ccc(S(=O)(=O)[C@H]3C[C@@H](OC4CCCC4)[C@H](C(=O)NC4(C#[N+]C5CCC(O[C@@H]6C[C@H](S(=O)(=O)c7ccc(-c8ccnc(C)c8)cc7C(F)(F)F)C[C@H]6C(=O)NC6(C#N)CC6)C5)CC4)C3)c(C(F)(F)F)c2)ccn1. The summed E-state index contributed by atoms with van der Waals surface area (Å²) >= 11 is 0. The number of carbonyl (C=O) groups excluding carboxylic acids is 2. The number of hydrogen-bond donors (Lipinski definition) is 2. The van der Waals surface area contributed by atoms with Gasteiger partial charge in [0.1, 0.15) is 5.54 Å². The first-order valence-corrected chi connectivity index (χ1v) is 29.5. The molecule has 2 amide bonds. The van der Waals surface area contributed by atoms with Gasteiger partial charge < -0.3 is 20.1 Å². The molecule has 78 heavy (non-hydrogen) atoms. The minimum absolute atomic E-state index is 0.145. The molecule has 0 radical (unpaired) electrons. The van der Waals surface area contributed by atoms with Crippen LogP contribution in [0.25, 0.3) is 27.1 Å². The Morgan fingerprint density at radius 3 is 1.50 bits per heavy atom. The van der Waals surface area contributed by atoms with Crippen molar-refractivity contribution in [3.05, 3.63) is 100 Å². The molecule has 414 valence electrons. The van der Waals surface area contributed by atoms with Crippen LogP contribution in [0.2, 0.25) is 0 Å². The van der Waals surface area contributed by atoms with Gasteiger partial charge in [-0.3, -0.25) is 19.6 Å². The van der Waals surface area contributed by atoms with Gasteiger partial charge in [-0.2, -0.15) is 31.6 Å². The molecule has 22 heteroatoms. The van der Waals surface area contributed by atoms with Crippen molar-refractivity contribution in [2.24, 2.45) is 11.8 Å². The van der Waals surface area contributed by atoms with Gasteiger partial charge in [-0.25, -0.2) is 16.8 Å². The number of nitrogens with zero attached hydrogens (tertiary/aromatic N) is 4. The third kappa shape index (κ3) is 11.7. The van der Waals surface area contributed by atoms with E-state index in [4.69, 9.17) is 14.3 Å². The topological polar surface area (TPSA) is 199 Å². The lowest BCUT2D eigenvalue weighted by molar-refractivity contribution is -0.140. The number of alkyl halides is 6. The Bertz CT molecular complexity index is 3340. The number of sulfone groups is 2. The average molecular weight is 1120 g/mol. The number of benzene rings is 2. The molecule has 0 saturated heterocycles. The lowest BCUT2D eigenvalue weighted by Gasteiger charge is -2.24. The van der Waals surface area contributed by atoms with Crippen molar-refractivity contribution in [2.75, 3.05) is 0 Å². The van der Waals surface area contributed by atoms with Crippen molar-refractivity contribution in [1.29, 1.82) is 5.26 Å². The summed E-state index contributed by atoms with van der Waals surface area (Å²) in [4.78, 5) is 39.3. The number of amides is 2. The van der Waals surface area contributed by atoms with Crippen molar-refractivity contribution in [1.82, 2.24) is 20.6 Å². The van der Waals surface area contributed by atoms with Gasteiger partial charge in [-0.05, 0) is 155 Å². The number of carbonyl (C=O) groups is 2. The molecule has 2 heterocycles. The van der Waals surface area contributed by atoms with Crippen LogP contribution < -0.4 is 10.6 Å². The molecule has 6 aliphatic carbocycles. The van der Waals surface area contributed by atoms with Crippen molar-refractivity contribution in [3.63, 3.8) is 0 Å². The molecule has 6 fully saturated rings. The van der Waals surface area contributed by atoms with Crippen molar-refractivity contribution in [3.8, 4) is 34.4 Å². The van der Waals surface area contributed by atoms with E-state index in [1.165, 1.54) is 36.7 Å². The first kappa shape index (κ1) is 55.4. The van der Waals surface area contributed by atoms with Crippen molar-refractivity contribution in [2.45, 2.75) is 184 Å². The van der Waals surface area contributed by atoms with E-state index in [0.717, 1.165) is 37.1 Å². The van der Waals surface area contributed by atoms with Crippen LogP contribution in [-0.4, -0.2) is 90.7 Å². The first-order chi connectivity index (χ1) is 36.8. The van der Waals surface area contributed by atoms with Crippen LogP contribution in [0.3, 0.4) is 0 Å². The van der Waals surface area contributed by atoms with Gasteiger partial charge >= 0.3 is 18.4 Å². The number of aromatic nitrogens is 2. The Hall–Kier alpha value is -5.94. The molecule has 14 nitrogen and oxygen atoms in total. The molecular formula is C56H59F6N6O8S2+. The number of rotatable bonds is 14. The minimum Gasteiger partial charge on any atom is -0.374 e. The monoisotopic (exact) mass is 1120 g/mol.